The molecule has 0 aliphatic heterocycles. The van der Waals surface area contributed by atoms with Crippen LogP contribution in [0.3, 0.4) is 0 Å². The average Bonchev–Trinajstić information content (AvgIpc) is 2.37. The zero-order valence-electron chi connectivity index (χ0n) is 10.5. The Bertz CT molecular complexity index is 477. The number of carbonyl (C=O) groups is 1. The van der Waals surface area contributed by atoms with Crippen molar-refractivity contribution < 1.29 is 23.4 Å². The van der Waals surface area contributed by atoms with Crippen molar-refractivity contribution in [2.45, 2.75) is 13.0 Å². The molecule has 0 spiro atoms. The molecule has 6 heteroatoms. The van der Waals surface area contributed by atoms with E-state index in [-0.39, 0.29) is 18.7 Å². The fourth-order valence-electron chi connectivity index (χ4n) is 1.20. The molecule has 0 saturated heterocycles. The van der Waals surface area contributed by atoms with Gasteiger partial charge in [-0.25, -0.2) is 13.6 Å². The molecule has 19 heavy (non-hydrogen) atoms. The summed E-state index contributed by atoms with van der Waals surface area (Å²) in [6.45, 7) is 4.72. The number of rotatable bonds is 6. The Hall–Kier alpha value is -1.95. The van der Waals surface area contributed by atoms with Crippen molar-refractivity contribution in [3.63, 3.8) is 0 Å². The number of nitrogens with one attached hydrogen (secondary N) is 1. The molecule has 0 fully saturated rings. The van der Waals surface area contributed by atoms with Gasteiger partial charge in [0.05, 0.1) is 0 Å². The molecule has 0 bridgehead atoms. The average molecular weight is 271 g/mol. The molecule has 4 nitrogen and oxygen atoms in total. The van der Waals surface area contributed by atoms with Gasteiger partial charge in [-0.15, -0.1) is 0 Å². The summed E-state index contributed by atoms with van der Waals surface area (Å²) in [5.74, 6) is -2.51. The smallest absolute Gasteiger partial charge is 0.333 e. The maximum absolute atomic E-state index is 12.9. The summed E-state index contributed by atoms with van der Waals surface area (Å²) in [4.78, 5) is 11.1. The lowest BCUT2D eigenvalue weighted by Gasteiger charge is -2.13. The number of esters is 1. The molecule has 0 aromatic heterocycles. The zero-order valence-corrected chi connectivity index (χ0v) is 10.5. The van der Waals surface area contributed by atoms with Crippen molar-refractivity contribution >= 4 is 11.7 Å². The van der Waals surface area contributed by atoms with Crippen LogP contribution in [0.2, 0.25) is 0 Å². The molecule has 0 aliphatic rings. The van der Waals surface area contributed by atoms with Crippen molar-refractivity contribution in [2.75, 3.05) is 18.5 Å². The van der Waals surface area contributed by atoms with Crippen molar-refractivity contribution in [3.8, 4) is 0 Å². The summed E-state index contributed by atoms with van der Waals surface area (Å²) in [5.41, 5.74) is 0.560. The van der Waals surface area contributed by atoms with Crippen LogP contribution in [0.4, 0.5) is 14.5 Å². The lowest BCUT2D eigenvalue weighted by molar-refractivity contribution is -0.141. The molecule has 2 N–H and O–H groups in total. The highest BCUT2D eigenvalue weighted by molar-refractivity contribution is 5.86. The van der Waals surface area contributed by atoms with Crippen molar-refractivity contribution in [2.24, 2.45) is 0 Å². The first-order chi connectivity index (χ1) is 8.90. The third-order valence-electron chi connectivity index (χ3n) is 2.22. The van der Waals surface area contributed by atoms with Gasteiger partial charge < -0.3 is 15.2 Å². The van der Waals surface area contributed by atoms with Gasteiger partial charge >= 0.3 is 5.97 Å². The number of aliphatic hydroxyl groups is 1. The van der Waals surface area contributed by atoms with Crippen LogP contribution in [0, 0.1) is 11.6 Å². The number of anilines is 1. The summed E-state index contributed by atoms with van der Waals surface area (Å²) in [5, 5.41) is 12.2. The van der Waals surface area contributed by atoms with E-state index in [1.807, 2.05) is 0 Å². The maximum Gasteiger partial charge on any atom is 0.333 e. The molecule has 0 aliphatic carbocycles. The largest absolute Gasteiger partial charge is 0.460 e. The van der Waals surface area contributed by atoms with Crippen molar-refractivity contribution in [3.05, 3.63) is 42.0 Å². The Morgan fingerprint density at radius 2 is 2.16 bits per heavy atom. The summed E-state index contributed by atoms with van der Waals surface area (Å²) >= 11 is 0. The molecule has 1 unspecified atom stereocenters. The van der Waals surface area contributed by atoms with Crippen LogP contribution in [0.5, 0.6) is 0 Å². The number of hydrogen-bond donors (Lipinski definition) is 2. The number of ether oxygens (including phenoxy) is 1. The summed E-state index contributed by atoms with van der Waals surface area (Å²) in [7, 11) is 0. The molecule has 1 aromatic rings. The predicted octanol–water partition coefficient (Wildman–Crippen LogP) is 1.86. The van der Waals surface area contributed by atoms with Gasteiger partial charge in [-0.3, -0.25) is 0 Å². The molecule has 1 atom stereocenters. The second-order valence-electron chi connectivity index (χ2n) is 4.04. The zero-order chi connectivity index (χ0) is 14.4. The summed E-state index contributed by atoms with van der Waals surface area (Å²) in [6, 6.07) is 3.29. The van der Waals surface area contributed by atoms with Crippen LogP contribution < -0.4 is 5.32 Å². The van der Waals surface area contributed by atoms with Crippen LogP contribution in [0.1, 0.15) is 6.92 Å². The van der Waals surface area contributed by atoms with E-state index in [0.717, 1.165) is 12.1 Å². The molecular formula is C13H15F2NO3. The normalized spacial score (nSPS) is 11.8. The first-order valence-corrected chi connectivity index (χ1v) is 5.59. The maximum atomic E-state index is 12.9. The fourth-order valence-corrected chi connectivity index (χ4v) is 1.20. The molecule has 0 heterocycles. The molecule has 1 rings (SSSR count). The topological polar surface area (TPSA) is 58.6 Å². The Balaban J connectivity index is 2.37. The van der Waals surface area contributed by atoms with E-state index in [1.54, 1.807) is 0 Å². The lowest BCUT2D eigenvalue weighted by atomic mass is 10.3. The van der Waals surface area contributed by atoms with E-state index < -0.39 is 23.7 Å². The monoisotopic (exact) mass is 271 g/mol. The van der Waals surface area contributed by atoms with E-state index in [0.29, 0.717) is 5.69 Å². The second-order valence-corrected chi connectivity index (χ2v) is 4.04. The minimum absolute atomic E-state index is 0.0363. The van der Waals surface area contributed by atoms with Gasteiger partial charge in [-0.05, 0) is 19.1 Å². The van der Waals surface area contributed by atoms with Crippen LogP contribution >= 0.6 is 0 Å². The molecular weight excluding hydrogens is 256 g/mol. The molecule has 1 aromatic carbocycles. The third kappa shape index (κ3) is 5.05. The fraction of sp³-hybridized carbons (Fsp3) is 0.308. The highest BCUT2D eigenvalue weighted by Crippen LogP contribution is 2.12. The quantitative estimate of drug-likeness (QED) is 0.612. The van der Waals surface area contributed by atoms with Gasteiger partial charge in [0.25, 0.3) is 0 Å². The minimum Gasteiger partial charge on any atom is -0.460 e. The molecule has 0 amide bonds. The molecule has 0 radical (unpaired) electrons. The number of halogens is 2. The minimum atomic E-state index is -0.979. The van der Waals surface area contributed by atoms with Gasteiger partial charge in [0.2, 0.25) is 0 Å². The number of carbonyl (C=O) groups excluding carboxylic acids is 1. The van der Waals surface area contributed by atoms with Crippen molar-refractivity contribution in [1.29, 1.82) is 0 Å². The number of hydrogen-bond acceptors (Lipinski definition) is 4. The molecule has 104 valence electrons. The Kier molecular flexibility index (Phi) is 5.44. The first-order valence-electron chi connectivity index (χ1n) is 5.59. The highest BCUT2D eigenvalue weighted by Gasteiger charge is 2.10. The Morgan fingerprint density at radius 1 is 1.47 bits per heavy atom. The van der Waals surface area contributed by atoms with E-state index >= 15 is 0 Å². The van der Waals surface area contributed by atoms with E-state index in [4.69, 9.17) is 4.74 Å². The van der Waals surface area contributed by atoms with Gasteiger partial charge in [-0.1, -0.05) is 6.58 Å². The van der Waals surface area contributed by atoms with Gasteiger partial charge in [-0.2, -0.15) is 0 Å². The third-order valence-corrected chi connectivity index (χ3v) is 2.22. The SMILES string of the molecule is C=C(C)C(=O)OCC(O)CNc1ccc(F)c(F)c1. The predicted molar refractivity (Wildman–Crippen MR) is 66.6 cm³/mol. The van der Waals surface area contributed by atoms with E-state index in [2.05, 4.69) is 11.9 Å². The van der Waals surface area contributed by atoms with Gasteiger partial charge in [0.15, 0.2) is 11.6 Å². The summed E-state index contributed by atoms with van der Waals surface area (Å²) in [6.07, 6.45) is -0.962. The summed E-state index contributed by atoms with van der Waals surface area (Å²) < 4.78 is 30.3. The highest BCUT2D eigenvalue weighted by atomic mass is 19.2. The van der Waals surface area contributed by atoms with E-state index in [1.165, 1.54) is 13.0 Å². The van der Waals surface area contributed by atoms with Crippen LogP contribution in [0.15, 0.2) is 30.4 Å². The number of aliphatic hydroxyl groups excluding tert-OH is 1. The van der Waals surface area contributed by atoms with Crippen LogP contribution in [-0.4, -0.2) is 30.3 Å². The van der Waals surface area contributed by atoms with Crippen LogP contribution in [0.25, 0.3) is 0 Å². The van der Waals surface area contributed by atoms with Crippen LogP contribution in [-0.2, 0) is 9.53 Å². The molecule has 0 saturated carbocycles. The Labute approximate surface area is 109 Å². The Morgan fingerprint density at radius 3 is 2.74 bits per heavy atom. The standard InChI is InChI=1S/C13H15F2NO3/c1-8(2)13(18)19-7-10(17)6-16-9-3-4-11(14)12(15)5-9/h3-5,10,16-17H,1,6-7H2,2H3. The second kappa shape index (κ2) is 6.84. The van der Waals surface area contributed by atoms with Crippen molar-refractivity contribution in [1.82, 2.24) is 0 Å². The number of benzene rings is 1. The van der Waals surface area contributed by atoms with Gasteiger partial charge in [0.1, 0.15) is 12.7 Å². The van der Waals surface area contributed by atoms with E-state index in [9.17, 15) is 18.7 Å². The first kappa shape index (κ1) is 15.1. The lowest BCUT2D eigenvalue weighted by Crippen LogP contribution is -2.26. The van der Waals surface area contributed by atoms with Gasteiger partial charge in [0, 0.05) is 23.9 Å².